The van der Waals surface area contributed by atoms with Crippen LogP contribution in [-0.4, -0.2) is 18.5 Å². The molecule has 0 aliphatic carbocycles. The van der Waals surface area contributed by atoms with Gasteiger partial charge in [0, 0.05) is 22.3 Å². The monoisotopic (exact) mass is 417 g/mol. The number of rotatable bonds is 3. The lowest BCUT2D eigenvalue weighted by molar-refractivity contribution is -0.0499. The van der Waals surface area contributed by atoms with Crippen molar-refractivity contribution in [1.82, 2.24) is 4.57 Å². The molecule has 0 aliphatic heterocycles. The van der Waals surface area contributed by atoms with E-state index >= 15 is 0 Å². The van der Waals surface area contributed by atoms with Crippen molar-refractivity contribution in [2.75, 3.05) is 0 Å². The van der Waals surface area contributed by atoms with Gasteiger partial charge < -0.3 is 4.18 Å². The lowest BCUT2D eigenvalue weighted by Gasteiger charge is -2.14. The van der Waals surface area contributed by atoms with E-state index in [0.29, 0.717) is 16.3 Å². The molecule has 27 heavy (non-hydrogen) atoms. The summed E-state index contributed by atoms with van der Waals surface area (Å²) in [4.78, 5) is 12.8. The summed E-state index contributed by atoms with van der Waals surface area (Å²) in [6.45, 7) is 1.53. The maximum Gasteiger partial charge on any atom is 0.534 e. The van der Waals surface area contributed by atoms with Gasteiger partial charge in [-0.2, -0.15) is 21.6 Å². The van der Waals surface area contributed by atoms with Gasteiger partial charge in [0.15, 0.2) is 5.75 Å². The van der Waals surface area contributed by atoms with Crippen LogP contribution in [0.15, 0.2) is 53.5 Å². The van der Waals surface area contributed by atoms with Crippen LogP contribution >= 0.6 is 11.6 Å². The average Bonchev–Trinajstić information content (AvgIpc) is 2.57. The largest absolute Gasteiger partial charge is 0.534 e. The molecular formula is C17H11ClF3NO4S. The van der Waals surface area contributed by atoms with Crippen LogP contribution in [0.25, 0.3) is 16.5 Å². The van der Waals surface area contributed by atoms with Gasteiger partial charge in [0.1, 0.15) is 0 Å². The molecule has 0 radical (unpaired) electrons. The zero-order chi connectivity index (χ0) is 20.0. The van der Waals surface area contributed by atoms with Gasteiger partial charge in [0.25, 0.3) is 5.56 Å². The number of hydrogen-bond donors (Lipinski definition) is 0. The first-order valence-electron chi connectivity index (χ1n) is 7.43. The summed E-state index contributed by atoms with van der Waals surface area (Å²) in [5.41, 5.74) is -5.29. The molecule has 5 nitrogen and oxygen atoms in total. The van der Waals surface area contributed by atoms with Crippen LogP contribution in [0.3, 0.4) is 0 Å². The van der Waals surface area contributed by atoms with Gasteiger partial charge in [-0.15, -0.1) is 0 Å². The number of hydrogen-bond acceptors (Lipinski definition) is 4. The first kappa shape index (κ1) is 19.2. The minimum absolute atomic E-state index is 0.0134. The Balaban J connectivity index is 2.23. The van der Waals surface area contributed by atoms with Gasteiger partial charge in [-0.3, -0.25) is 9.36 Å². The third-order valence-corrected chi connectivity index (χ3v) is 5.00. The molecule has 0 bridgehead atoms. The topological polar surface area (TPSA) is 65.4 Å². The van der Waals surface area contributed by atoms with Gasteiger partial charge in [-0.25, -0.2) is 0 Å². The Morgan fingerprint density at radius 1 is 1.07 bits per heavy atom. The van der Waals surface area contributed by atoms with E-state index in [1.807, 2.05) is 0 Å². The van der Waals surface area contributed by atoms with Crippen LogP contribution in [-0.2, 0) is 10.1 Å². The van der Waals surface area contributed by atoms with Crippen molar-refractivity contribution >= 4 is 32.5 Å². The van der Waals surface area contributed by atoms with Crippen LogP contribution in [0, 0.1) is 6.92 Å². The molecule has 3 rings (SSSR count). The van der Waals surface area contributed by atoms with E-state index in [4.69, 9.17) is 11.6 Å². The highest BCUT2D eigenvalue weighted by Crippen LogP contribution is 2.32. The summed E-state index contributed by atoms with van der Waals surface area (Å²) in [5.74, 6) is -0.567. The van der Waals surface area contributed by atoms with Crippen molar-refractivity contribution in [2.45, 2.75) is 12.4 Å². The van der Waals surface area contributed by atoms with Crippen molar-refractivity contribution < 1.29 is 25.8 Å². The SMILES string of the molecule is Cc1cn(-c2ccc(Cl)cc2)c(=O)c2cccc(OS(=O)(=O)C(F)(F)F)c12. The Morgan fingerprint density at radius 2 is 1.70 bits per heavy atom. The fraction of sp³-hybridized carbons (Fsp3) is 0.118. The molecule has 0 amide bonds. The second kappa shape index (κ2) is 6.58. The van der Waals surface area contributed by atoms with Crippen molar-refractivity contribution in [1.29, 1.82) is 0 Å². The first-order valence-corrected chi connectivity index (χ1v) is 9.21. The molecular weight excluding hydrogens is 407 g/mol. The van der Waals surface area contributed by atoms with E-state index < -0.39 is 26.9 Å². The zero-order valence-electron chi connectivity index (χ0n) is 13.6. The van der Waals surface area contributed by atoms with E-state index in [1.165, 1.54) is 29.8 Å². The number of halogens is 4. The minimum Gasteiger partial charge on any atom is -0.375 e. The van der Waals surface area contributed by atoms with Crippen molar-refractivity contribution in [3.8, 4) is 11.4 Å². The van der Waals surface area contributed by atoms with Gasteiger partial charge in [-0.05, 0) is 48.9 Å². The van der Waals surface area contributed by atoms with E-state index in [0.717, 1.165) is 6.07 Å². The number of nitrogens with zero attached hydrogens (tertiary/aromatic N) is 1. The molecule has 0 spiro atoms. The minimum atomic E-state index is -5.86. The second-order valence-electron chi connectivity index (χ2n) is 5.63. The summed E-state index contributed by atoms with van der Waals surface area (Å²) in [6, 6.07) is 10.1. The van der Waals surface area contributed by atoms with Crippen LogP contribution in [0.4, 0.5) is 13.2 Å². The molecule has 1 aromatic heterocycles. The summed E-state index contributed by atoms with van der Waals surface area (Å²) in [7, 11) is -5.86. The van der Waals surface area contributed by atoms with Crippen molar-refractivity contribution in [3.05, 3.63) is 69.6 Å². The molecule has 0 saturated carbocycles. The Labute approximate surface area is 156 Å². The molecule has 0 fully saturated rings. The van der Waals surface area contributed by atoms with E-state index in [-0.39, 0.29) is 10.8 Å². The quantitative estimate of drug-likeness (QED) is 0.473. The lowest BCUT2D eigenvalue weighted by atomic mass is 10.1. The van der Waals surface area contributed by atoms with Crippen LogP contribution in [0.1, 0.15) is 5.56 Å². The molecule has 0 aliphatic rings. The van der Waals surface area contributed by atoms with E-state index in [1.54, 1.807) is 24.3 Å². The third kappa shape index (κ3) is 3.52. The van der Waals surface area contributed by atoms with Gasteiger partial charge in [0.2, 0.25) is 0 Å². The average molecular weight is 418 g/mol. The Hall–Kier alpha value is -2.52. The van der Waals surface area contributed by atoms with Crippen molar-refractivity contribution in [2.24, 2.45) is 0 Å². The van der Waals surface area contributed by atoms with Gasteiger partial charge >= 0.3 is 15.6 Å². The number of fused-ring (bicyclic) bond motifs is 1. The smallest absolute Gasteiger partial charge is 0.375 e. The van der Waals surface area contributed by atoms with Gasteiger partial charge in [0.05, 0.1) is 5.39 Å². The molecule has 142 valence electrons. The standard InChI is InChI=1S/C17H11ClF3NO4S/c1-10-9-22(12-7-5-11(18)6-8-12)16(23)13-3-2-4-14(15(10)13)26-27(24,25)17(19,20)21/h2-9H,1H3. The summed E-state index contributed by atoms with van der Waals surface area (Å²) in [6.07, 6.45) is 1.39. The fourth-order valence-electron chi connectivity index (χ4n) is 2.59. The number of alkyl halides is 3. The predicted molar refractivity (Wildman–Crippen MR) is 94.9 cm³/mol. The molecule has 0 N–H and O–H groups in total. The third-order valence-electron chi connectivity index (χ3n) is 3.78. The van der Waals surface area contributed by atoms with Crippen LogP contribution < -0.4 is 9.74 Å². The zero-order valence-corrected chi connectivity index (χ0v) is 15.2. The molecule has 0 unspecified atom stereocenters. The highest BCUT2D eigenvalue weighted by molar-refractivity contribution is 7.88. The number of aromatic nitrogens is 1. The molecule has 2 aromatic carbocycles. The molecule has 1 heterocycles. The molecule has 0 saturated heterocycles. The Kier molecular flexibility index (Phi) is 4.69. The molecule has 0 atom stereocenters. The number of benzene rings is 2. The fourth-order valence-corrected chi connectivity index (χ4v) is 3.19. The van der Waals surface area contributed by atoms with Crippen LogP contribution in [0.2, 0.25) is 5.02 Å². The lowest BCUT2D eigenvalue weighted by Crippen LogP contribution is -2.28. The number of pyridine rings is 1. The van der Waals surface area contributed by atoms with E-state index in [9.17, 15) is 26.4 Å². The highest BCUT2D eigenvalue weighted by Gasteiger charge is 2.48. The maximum atomic E-state index is 12.8. The Morgan fingerprint density at radius 3 is 2.30 bits per heavy atom. The second-order valence-corrected chi connectivity index (χ2v) is 7.60. The van der Waals surface area contributed by atoms with Gasteiger partial charge in [-0.1, -0.05) is 17.7 Å². The van der Waals surface area contributed by atoms with E-state index in [2.05, 4.69) is 4.18 Å². The summed E-state index contributed by atoms with van der Waals surface area (Å²) in [5, 5.41) is 0.470. The maximum absolute atomic E-state index is 12.8. The molecule has 10 heteroatoms. The predicted octanol–water partition coefficient (Wildman–Crippen LogP) is 4.18. The van der Waals surface area contributed by atoms with Crippen molar-refractivity contribution in [3.63, 3.8) is 0 Å². The first-order chi connectivity index (χ1) is 12.5. The Bertz CT molecular complexity index is 1190. The van der Waals surface area contributed by atoms with Crippen LogP contribution in [0.5, 0.6) is 5.75 Å². The molecule has 3 aromatic rings. The summed E-state index contributed by atoms with van der Waals surface area (Å²) >= 11 is 5.83. The normalized spacial score (nSPS) is 12.3. The number of aryl methyl sites for hydroxylation is 1. The summed E-state index contributed by atoms with van der Waals surface area (Å²) < 4.78 is 66.1. The highest BCUT2D eigenvalue weighted by atomic mass is 35.5.